The van der Waals surface area contributed by atoms with Crippen molar-refractivity contribution in [1.29, 1.82) is 0 Å². The van der Waals surface area contributed by atoms with Gasteiger partial charge in [0.25, 0.3) is 5.91 Å². The van der Waals surface area contributed by atoms with Crippen LogP contribution in [0.1, 0.15) is 10.5 Å². The van der Waals surface area contributed by atoms with Crippen LogP contribution in [-0.2, 0) is 0 Å². The number of hydrogen-bond acceptors (Lipinski definition) is 3. The molecule has 0 aliphatic heterocycles. The number of para-hydroxylation sites is 1. The zero-order valence-electron chi connectivity index (χ0n) is 12.4. The lowest BCUT2D eigenvalue weighted by Gasteiger charge is -2.05. The molecule has 2 heterocycles. The molecular formula is C18H12ClN3OS. The van der Waals surface area contributed by atoms with Crippen LogP contribution < -0.4 is 5.32 Å². The number of aromatic nitrogens is 2. The van der Waals surface area contributed by atoms with Crippen LogP contribution >= 0.6 is 22.9 Å². The number of anilines is 1. The highest BCUT2D eigenvalue weighted by Gasteiger charge is 2.16. The predicted octanol–water partition coefficient (Wildman–Crippen LogP) is 5.20. The Labute approximate surface area is 147 Å². The fourth-order valence-corrected chi connectivity index (χ4v) is 3.46. The van der Waals surface area contributed by atoms with Gasteiger partial charge in [-0.15, -0.1) is 11.3 Å². The number of hydrogen-bond donors (Lipinski definition) is 2. The van der Waals surface area contributed by atoms with Gasteiger partial charge in [-0.05, 0) is 30.3 Å². The second kappa shape index (κ2) is 6.11. The number of fused-ring (bicyclic) bond motifs is 1. The Morgan fingerprint density at radius 1 is 1.12 bits per heavy atom. The molecule has 6 heteroatoms. The highest BCUT2D eigenvalue weighted by atomic mass is 35.5. The number of H-pyrrole nitrogens is 1. The average molecular weight is 354 g/mol. The van der Waals surface area contributed by atoms with Crippen molar-refractivity contribution in [2.45, 2.75) is 0 Å². The number of aromatic amines is 1. The molecule has 0 atom stereocenters. The second-order valence-electron chi connectivity index (χ2n) is 5.23. The molecule has 0 unspecified atom stereocenters. The Bertz CT molecular complexity index is 1010. The molecule has 24 heavy (non-hydrogen) atoms. The zero-order chi connectivity index (χ0) is 16.5. The van der Waals surface area contributed by atoms with E-state index in [0.29, 0.717) is 16.4 Å². The molecule has 1 amide bonds. The minimum absolute atomic E-state index is 0.266. The van der Waals surface area contributed by atoms with E-state index in [4.69, 9.17) is 11.6 Å². The van der Waals surface area contributed by atoms with Crippen molar-refractivity contribution in [3.63, 3.8) is 0 Å². The third kappa shape index (κ3) is 2.68. The van der Waals surface area contributed by atoms with Crippen molar-refractivity contribution in [1.82, 2.24) is 9.97 Å². The van der Waals surface area contributed by atoms with E-state index in [0.717, 1.165) is 21.5 Å². The van der Waals surface area contributed by atoms with Gasteiger partial charge in [0.15, 0.2) is 0 Å². The minimum Gasteiger partial charge on any atom is -0.349 e. The van der Waals surface area contributed by atoms with Crippen LogP contribution in [0.3, 0.4) is 0 Å². The SMILES string of the molecule is O=C(Nc1ccc(-c2nccs2)cc1)c1[nH]c2ccccc2c1Cl. The lowest BCUT2D eigenvalue weighted by molar-refractivity contribution is 0.102. The second-order valence-corrected chi connectivity index (χ2v) is 6.50. The number of thiazole rings is 1. The van der Waals surface area contributed by atoms with E-state index in [1.165, 1.54) is 0 Å². The van der Waals surface area contributed by atoms with E-state index < -0.39 is 0 Å². The minimum atomic E-state index is -0.266. The van der Waals surface area contributed by atoms with E-state index >= 15 is 0 Å². The number of rotatable bonds is 3. The van der Waals surface area contributed by atoms with E-state index in [2.05, 4.69) is 15.3 Å². The third-order valence-corrected chi connectivity index (χ3v) is 4.91. The number of nitrogens with zero attached hydrogens (tertiary/aromatic N) is 1. The van der Waals surface area contributed by atoms with Gasteiger partial charge in [0.05, 0.1) is 5.02 Å². The molecule has 2 aromatic heterocycles. The first-order chi connectivity index (χ1) is 11.7. The number of carbonyl (C=O) groups excluding carboxylic acids is 1. The first-order valence-electron chi connectivity index (χ1n) is 7.30. The summed E-state index contributed by atoms with van der Waals surface area (Å²) in [6.07, 6.45) is 1.77. The molecular weight excluding hydrogens is 342 g/mol. The summed E-state index contributed by atoms with van der Waals surface area (Å²) in [6, 6.07) is 15.1. The molecule has 0 saturated carbocycles. The lowest BCUT2D eigenvalue weighted by Crippen LogP contribution is -2.12. The van der Waals surface area contributed by atoms with Crippen LogP contribution in [0.25, 0.3) is 21.5 Å². The molecule has 0 aliphatic rings. The van der Waals surface area contributed by atoms with Crippen LogP contribution in [0, 0.1) is 0 Å². The number of nitrogens with one attached hydrogen (secondary N) is 2. The van der Waals surface area contributed by atoms with Crippen LogP contribution in [0.5, 0.6) is 0 Å². The summed E-state index contributed by atoms with van der Waals surface area (Å²) in [5.41, 5.74) is 2.93. The first kappa shape index (κ1) is 14.9. The Balaban J connectivity index is 1.58. The van der Waals surface area contributed by atoms with Crippen molar-refractivity contribution in [2.75, 3.05) is 5.32 Å². The molecule has 0 radical (unpaired) electrons. The van der Waals surface area contributed by atoms with Gasteiger partial charge in [-0.3, -0.25) is 4.79 Å². The summed E-state index contributed by atoms with van der Waals surface area (Å²) in [4.78, 5) is 19.8. The highest BCUT2D eigenvalue weighted by molar-refractivity contribution is 7.13. The lowest BCUT2D eigenvalue weighted by atomic mass is 10.2. The van der Waals surface area contributed by atoms with E-state index in [1.807, 2.05) is 53.9 Å². The Morgan fingerprint density at radius 3 is 2.62 bits per heavy atom. The van der Waals surface area contributed by atoms with Gasteiger partial charge >= 0.3 is 0 Å². The summed E-state index contributed by atoms with van der Waals surface area (Å²) in [6.45, 7) is 0. The fourth-order valence-electron chi connectivity index (χ4n) is 2.52. The maximum atomic E-state index is 12.5. The average Bonchev–Trinajstić information content (AvgIpc) is 3.24. The number of amides is 1. The largest absolute Gasteiger partial charge is 0.349 e. The Kier molecular flexibility index (Phi) is 3.80. The normalized spacial score (nSPS) is 10.9. The molecule has 0 spiro atoms. The van der Waals surface area contributed by atoms with Gasteiger partial charge in [0, 0.05) is 33.7 Å². The van der Waals surface area contributed by atoms with Gasteiger partial charge in [-0.2, -0.15) is 0 Å². The number of halogens is 1. The van der Waals surface area contributed by atoms with Gasteiger partial charge in [-0.1, -0.05) is 29.8 Å². The maximum Gasteiger partial charge on any atom is 0.273 e. The summed E-state index contributed by atoms with van der Waals surface area (Å²) in [7, 11) is 0. The van der Waals surface area contributed by atoms with Crippen molar-refractivity contribution >= 4 is 45.4 Å². The molecule has 0 fully saturated rings. The molecule has 0 bridgehead atoms. The van der Waals surface area contributed by atoms with Gasteiger partial charge in [-0.25, -0.2) is 4.98 Å². The quantitative estimate of drug-likeness (QED) is 0.532. The molecule has 0 aliphatic carbocycles. The van der Waals surface area contributed by atoms with Crippen LogP contribution in [0.15, 0.2) is 60.1 Å². The molecule has 0 saturated heterocycles. The van der Waals surface area contributed by atoms with Crippen molar-refractivity contribution in [3.8, 4) is 10.6 Å². The molecule has 4 aromatic rings. The van der Waals surface area contributed by atoms with Crippen molar-refractivity contribution in [3.05, 3.63) is 70.8 Å². The molecule has 2 aromatic carbocycles. The fraction of sp³-hybridized carbons (Fsp3) is 0. The van der Waals surface area contributed by atoms with E-state index in [-0.39, 0.29) is 5.91 Å². The van der Waals surface area contributed by atoms with Crippen molar-refractivity contribution < 1.29 is 4.79 Å². The standard InChI is InChI=1S/C18H12ClN3OS/c19-15-13-3-1-2-4-14(13)22-16(15)17(23)21-12-7-5-11(6-8-12)18-20-9-10-24-18/h1-10,22H,(H,21,23). The third-order valence-electron chi connectivity index (χ3n) is 3.69. The van der Waals surface area contributed by atoms with Gasteiger partial charge in [0.2, 0.25) is 0 Å². The summed E-state index contributed by atoms with van der Waals surface area (Å²) in [5.74, 6) is -0.266. The zero-order valence-corrected chi connectivity index (χ0v) is 14.0. The monoisotopic (exact) mass is 353 g/mol. The summed E-state index contributed by atoms with van der Waals surface area (Å²) >= 11 is 7.89. The molecule has 4 rings (SSSR count). The Morgan fingerprint density at radius 2 is 1.92 bits per heavy atom. The topological polar surface area (TPSA) is 57.8 Å². The van der Waals surface area contributed by atoms with Gasteiger partial charge < -0.3 is 10.3 Å². The number of benzene rings is 2. The predicted molar refractivity (Wildman–Crippen MR) is 98.8 cm³/mol. The highest BCUT2D eigenvalue weighted by Crippen LogP contribution is 2.28. The maximum absolute atomic E-state index is 12.5. The number of carbonyl (C=O) groups is 1. The van der Waals surface area contributed by atoms with Crippen LogP contribution in [0.4, 0.5) is 5.69 Å². The molecule has 118 valence electrons. The van der Waals surface area contributed by atoms with E-state index in [1.54, 1.807) is 17.5 Å². The van der Waals surface area contributed by atoms with Gasteiger partial charge in [0.1, 0.15) is 10.7 Å². The molecule has 4 nitrogen and oxygen atoms in total. The van der Waals surface area contributed by atoms with Crippen molar-refractivity contribution in [2.24, 2.45) is 0 Å². The Hall–Kier alpha value is -2.63. The summed E-state index contributed by atoms with van der Waals surface area (Å²) in [5, 5.41) is 7.01. The van der Waals surface area contributed by atoms with E-state index in [9.17, 15) is 4.79 Å². The molecule has 2 N–H and O–H groups in total. The summed E-state index contributed by atoms with van der Waals surface area (Å²) < 4.78 is 0. The van der Waals surface area contributed by atoms with Crippen LogP contribution in [0.2, 0.25) is 5.02 Å². The smallest absolute Gasteiger partial charge is 0.273 e. The van der Waals surface area contributed by atoms with Crippen LogP contribution in [-0.4, -0.2) is 15.9 Å². The first-order valence-corrected chi connectivity index (χ1v) is 8.55.